The number of ether oxygens (including phenoxy) is 2. The first kappa shape index (κ1) is 50.6. The topological polar surface area (TPSA) is 105 Å². The highest BCUT2D eigenvalue weighted by Gasteiger charge is 2.44. The Morgan fingerprint density at radius 2 is 0.827 bits per heavy atom. The van der Waals surface area contributed by atoms with Crippen molar-refractivity contribution in [3.8, 4) is 0 Å². The van der Waals surface area contributed by atoms with E-state index in [0.717, 1.165) is 16.3 Å². The van der Waals surface area contributed by atoms with Crippen LogP contribution >= 0.6 is 0 Å². The van der Waals surface area contributed by atoms with Crippen LogP contribution in [0, 0.1) is 0 Å². The molecule has 0 unspecified atom stereocenters. The molecule has 0 saturated carbocycles. The monoisotopic (exact) mass is 770 g/mol. The first-order valence-corrected chi connectivity index (χ1v) is 26.0. The highest BCUT2D eigenvalue weighted by molar-refractivity contribution is 6.94. The number of carbonyl (C=O) groups is 4. The average Bonchev–Trinajstić information content (AvgIpc) is 3.09. The molecule has 0 radical (unpaired) electrons. The molecule has 11 heteroatoms. The van der Waals surface area contributed by atoms with E-state index >= 15 is 0 Å². The van der Waals surface area contributed by atoms with Gasteiger partial charge in [-0.2, -0.15) is 0 Å². The highest BCUT2D eigenvalue weighted by Crippen LogP contribution is 2.28. The van der Waals surface area contributed by atoms with E-state index in [0.29, 0.717) is 36.1 Å². The molecule has 8 nitrogen and oxygen atoms in total. The smallest absolute Gasteiger partial charge is 0.379 e. The van der Waals surface area contributed by atoms with Gasteiger partial charge in [-0.1, -0.05) is 134 Å². The largest absolute Gasteiger partial charge is 0.463 e. The molecule has 0 amide bonds. The van der Waals surface area contributed by atoms with Gasteiger partial charge in [0.05, 0.1) is 14.2 Å². The van der Waals surface area contributed by atoms with E-state index in [1.807, 2.05) is 42.5 Å². The number of carbonyl (C=O) groups excluding carboxylic acids is 4. The van der Waals surface area contributed by atoms with Crippen LogP contribution in [0.4, 0.5) is 0 Å². The summed E-state index contributed by atoms with van der Waals surface area (Å²) in [7, 11) is -5.33. The van der Waals surface area contributed by atoms with E-state index in [9.17, 15) is 19.2 Å². The summed E-state index contributed by atoms with van der Waals surface area (Å²) in [5.41, 5.74) is 2.27. The molecule has 3 aromatic rings. The third-order valence-corrected chi connectivity index (χ3v) is 19.3. The van der Waals surface area contributed by atoms with Crippen molar-refractivity contribution in [1.82, 2.24) is 0 Å². The number of hydrogen-bond acceptors (Lipinski definition) is 8. The molecule has 0 aliphatic heterocycles. The molecule has 0 atom stereocenters. The standard InChI is InChI=1S/C33H42O8Si3.2C3H8.2CH4/c1-38-32(36)30(34)28-19-13-11-15-25(28)21-23-42(3,4)40-44(7,27-17-9-8-10-18-27)41-43(5,6)24-22-26-16-12-14-20-29(26)31(35)33(37)39-2;2*1-3-2;;/h8-20H,21-24H2,1-7H3;2*3H2,1-2H3;2*1H4. The van der Waals surface area contributed by atoms with Crippen LogP contribution < -0.4 is 5.19 Å². The van der Waals surface area contributed by atoms with E-state index < -0.39 is 48.7 Å². The van der Waals surface area contributed by atoms with Crippen LogP contribution in [0.5, 0.6) is 0 Å². The number of benzene rings is 3. The number of esters is 2. The number of Topliss-reactive ketones (excluding diaryl/α,β-unsaturated/α-hetero) is 2. The molecule has 52 heavy (non-hydrogen) atoms. The number of rotatable bonds is 15. The van der Waals surface area contributed by atoms with Crippen LogP contribution in [0.25, 0.3) is 0 Å². The molecular formula is C41H66O8Si3. The predicted molar refractivity (Wildman–Crippen MR) is 223 cm³/mol. The van der Waals surface area contributed by atoms with Crippen molar-refractivity contribution in [2.45, 2.75) is 113 Å². The molecule has 0 N–H and O–H groups in total. The van der Waals surface area contributed by atoms with Crippen LogP contribution in [0.1, 0.15) is 87.2 Å². The Balaban J connectivity index is 0. The summed E-state index contributed by atoms with van der Waals surface area (Å²) in [6.45, 7) is 19.2. The molecular weight excluding hydrogens is 705 g/mol. The maximum absolute atomic E-state index is 12.6. The number of ketones is 2. The number of methoxy groups -OCH3 is 2. The molecule has 0 spiro atoms. The zero-order chi connectivity index (χ0) is 38.0. The minimum absolute atomic E-state index is 0. The molecule has 0 saturated heterocycles. The quantitative estimate of drug-likeness (QED) is 0.0651. The van der Waals surface area contributed by atoms with Gasteiger partial charge < -0.3 is 17.7 Å². The van der Waals surface area contributed by atoms with Gasteiger partial charge in [-0.3, -0.25) is 9.59 Å². The van der Waals surface area contributed by atoms with Gasteiger partial charge in [0.25, 0.3) is 11.6 Å². The van der Waals surface area contributed by atoms with Gasteiger partial charge in [0.1, 0.15) is 0 Å². The molecule has 290 valence electrons. The molecule has 3 rings (SSSR count). The zero-order valence-electron chi connectivity index (χ0n) is 32.0. The van der Waals surface area contributed by atoms with Gasteiger partial charge >= 0.3 is 20.5 Å². The number of hydrogen-bond donors (Lipinski definition) is 0. The second-order valence-corrected chi connectivity index (χ2v) is 25.5. The van der Waals surface area contributed by atoms with Crippen molar-refractivity contribution in [2.24, 2.45) is 0 Å². The average molecular weight is 771 g/mol. The van der Waals surface area contributed by atoms with Gasteiger partial charge in [-0.15, -0.1) is 0 Å². The van der Waals surface area contributed by atoms with Crippen LogP contribution in [0.15, 0.2) is 78.9 Å². The van der Waals surface area contributed by atoms with Crippen molar-refractivity contribution in [2.75, 3.05) is 14.2 Å². The summed E-state index contributed by atoms with van der Waals surface area (Å²) >= 11 is 0. The van der Waals surface area contributed by atoms with E-state index in [4.69, 9.17) is 8.23 Å². The lowest BCUT2D eigenvalue weighted by atomic mass is 10.0. The molecule has 0 bridgehead atoms. The van der Waals surface area contributed by atoms with Gasteiger partial charge in [0.15, 0.2) is 16.6 Å². The van der Waals surface area contributed by atoms with Crippen molar-refractivity contribution in [3.05, 3.63) is 101 Å². The minimum atomic E-state index is -2.95. The van der Waals surface area contributed by atoms with Crippen molar-refractivity contribution in [1.29, 1.82) is 0 Å². The fourth-order valence-electron chi connectivity index (χ4n) is 5.23. The molecule has 0 aliphatic carbocycles. The molecule has 0 heterocycles. The second kappa shape index (κ2) is 24.7. The van der Waals surface area contributed by atoms with Gasteiger partial charge in [0, 0.05) is 11.1 Å². The third-order valence-electron chi connectivity index (χ3n) is 7.50. The molecule has 0 fully saturated rings. The van der Waals surface area contributed by atoms with E-state index in [1.54, 1.807) is 24.3 Å². The van der Waals surface area contributed by atoms with Crippen LogP contribution in [0.2, 0.25) is 44.8 Å². The molecule has 0 aliphatic rings. The summed E-state index contributed by atoms with van der Waals surface area (Å²) in [5, 5.41) is 1.03. The lowest BCUT2D eigenvalue weighted by molar-refractivity contribution is -0.135. The first-order valence-electron chi connectivity index (χ1n) is 17.4. The first-order chi connectivity index (χ1) is 23.5. The summed E-state index contributed by atoms with van der Waals surface area (Å²) in [5.74, 6) is -3.07. The SMILES string of the molecule is C.C.CCC.CCC.COC(=O)C(=O)c1ccccc1CC[Si](C)(C)O[Si](C)(O[Si](C)(C)CCc1ccccc1C(=O)C(=O)OC)c1ccccc1. The Kier molecular flexibility index (Phi) is 24.0. The Labute approximate surface area is 318 Å². The van der Waals surface area contributed by atoms with Crippen molar-refractivity contribution < 1.29 is 36.9 Å². The van der Waals surface area contributed by atoms with E-state index in [-0.39, 0.29) is 14.9 Å². The predicted octanol–water partition coefficient (Wildman–Crippen LogP) is 9.71. The maximum atomic E-state index is 12.6. The summed E-state index contributed by atoms with van der Waals surface area (Å²) < 4.78 is 23.5. The van der Waals surface area contributed by atoms with Gasteiger partial charge in [0.2, 0.25) is 0 Å². The van der Waals surface area contributed by atoms with Crippen molar-refractivity contribution in [3.63, 3.8) is 0 Å². The fraction of sp³-hybridized carbons (Fsp3) is 0.463. The van der Waals surface area contributed by atoms with Gasteiger partial charge in [-0.05, 0) is 74.0 Å². The summed E-state index contributed by atoms with van der Waals surface area (Å²) in [6, 6.07) is 25.7. The second-order valence-electron chi connectivity index (χ2n) is 13.4. The summed E-state index contributed by atoms with van der Waals surface area (Å²) in [6.07, 6.45) is 3.65. The van der Waals surface area contributed by atoms with E-state index in [1.165, 1.54) is 27.1 Å². The maximum Gasteiger partial charge on any atom is 0.379 e. The zero-order valence-corrected chi connectivity index (χ0v) is 35.0. The lowest BCUT2D eigenvalue weighted by Crippen LogP contribution is -2.61. The number of aryl methyl sites for hydroxylation is 2. The third kappa shape index (κ3) is 16.5. The highest BCUT2D eigenvalue weighted by atomic mass is 28.5. The Morgan fingerprint density at radius 1 is 0.519 bits per heavy atom. The Bertz CT molecular complexity index is 1430. The van der Waals surface area contributed by atoms with Gasteiger partial charge in [-0.25, -0.2) is 9.59 Å². The van der Waals surface area contributed by atoms with Crippen LogP contribution in [-0.4, -0.2) is 62.9 Å². The van der Waals surface area contributed by atoms with Crippen LogP contribution in [0.3, 0.4) is 0 Å². The normalized spacial score (nSPS) is 10.8. The minimum Gasteiger partial charge on any atom is -0.463 e. The Morgan fingerprint density at radius 3 is 1.15 bits per heavy atom. The van der Waals surface area contributed by atoms with E-state index in [2.05, 4.69) is 82.0 Å². The Hall–Kier alpha value is -3.49. The van der Waals surface area contributed by atoms with Crippen LogP contribution in [-0.2, 0) is 40.1 Å². The fourth-order valence-corrected chi connectivity index (χ4v) is 18.5. The summed E-state index contributed by atoms with van der Waals surface area (Å²) in [4.78, 5) is 49.1. The van der Waals surface area contributed by atoms with Crippen molar-refractivity contribution >= 4 is 53.9 Å². The molecule has 0 aromatic heterocycles. The lowest BCUT2D eigenvalue weighted by Gasteiger charge is -2.41. The molecule has 3 aromatic carbocycles.